The molecular formula is C21H22BrO2P. The van der Waals surface area contributed by atoms with E-state index in [-0.39, 0.29) is 17.9 Å². The summed E-state index contributed by atoms with van der Waals surface area (Å²) in [5, 5.41) is 0. The van der Waals surface area contributed by atoms with Crippen molar-refractivity contribution in [1.29, 1.82) is 0 Å². The number of carbonyl (C=O) groups excluding carboxylic acids is 1. The van der Waals surface area contributed by atoms with Crippen LogP contribution in [0.3, 0.4) is 0 Å². The van der Waals surface area contributed by atoms with Crippen molar-refractivity contribution < 1.29 is 9.36 Å². The number of carbonyl (C=O) groups is 1. The summed E-state index contributed by atoms with van der Waals surface area (Å²) in [6.07, 6.45) is 4.37. The van der Waals surface area contributed by atoms with Gasteiger partial charge in [-0.05, 0) is 17.7 Å². The van der Waals surface area contributed by atoms with Crippen LogP contribution in [-0.2, 0) is 4.57 Å². The van der Waals surface area contributed by atoms with Gasteiger partial charge in [-0.25, -0.2) is 0 Å². The molecule has 4 heteroatoms. The molecule has 25 heavy (non-hydrogen) atoms. The fraction of sp³-hybridized carbons (Fsp3) is 0.190. The molecule has 130 valence electrons. The molecule has 0 fully saturated rings. The lowest BCUT2D eigenvalue weighted by atomic mass is 10.0. The normalized spacial score (nSPS) is 12.4. The third-order valence-electron chi connectivity index (χ3n) is 4.17. The molecule has 0 spiro atoms. The molecule has 0 heterocycles. The lowest BCUT2D eigenvalue weighted by Gasteiger charge is -2.26. The van der Waals surface area contributed by atoms with Gasteiger partial charge in [-0.3, -0.25) is 4.79 Å². The molecule has 0 saturated carbocycles. The molecule has 0 N–H and O–H groups in total. The van der Waals surface area contributed by atoms with Gasteiger partial charge in [0.15, 0.2) is 5.78 Å². The van der Waals surface area contributed by atoms with Crippen LogP contribution >= 0.6 is 23.1 Å². The first-order valence-electron chi connectivity index (χ1n) is 8.13. The molecule has 2 rings (SSSR count). The van der Waals surface area contributed by atoms with Gasteiger partial charge in [0.2, 0.25) is 0 Å². The quantitative estimate of drug-likeness (QED) is 0.265. The van der Waals surface area contributed by atoms with Crippen molar-refractivity contribution in [3.05, 3.63) is 95.5 Å². The summed E-state index contributed by atoms with van der Waals surface area (Å²) in [4.78, 5) is 12.8. The third kappa shape index (κ3) is 5.14. The van der Waals surface area contributed by atoms with Crippen molar-refractivity contribution in [3.8, 4) is 0 Å². The van der Waals surface area contributed by atoms with Crippen LogP contribution in [0.5, 0.6) is 0 Å². The van der Waals surface area contributed by atoms with Crippen molar-refractivity contribution in [2.24, 2.45) is 0 Å². The average molecular weight is 417 g/mol. The predicted octanol–water partition coefficient (Wildman–Crippen LogP) is 6.50. The van der Waals surface area contributed by atoms with Crippen LogP contribution in [0.25, 0.3) is 0 Å². The standard InChI is InChI=1S/C21H22BrO2P/c1-3-14-25(24,15-4-2)21(18-8-6-5-7-9-18)16-20(23)17-10-12-19(22)13-11-17/h3-13,21H,1-2,14-16H2/t21-/m0/s1. The average Bonchev–Trinajstić information content (AvgIpc) is 2.61. The molecule has 0 aliphatic heterocycles. The Hall–Kier alpha value is -1.70. The monoisotopic (exact) mass is 416 g/mol. The van der Waals surface area contributed by atoms with Gasteiger partial charge in [-0.1, -0.05) is 70.5 Å². The van der Waals surface area contributed by atoms with E-state index in [0.717, 1.165) is 10.0 Å². The highest BCUT2D eigenvalue weighted by Gasteiger charge is 2.33. The van der Waals surface area contributed by atoms with Crippen LogP contribution in [0.2, 0.25) is 0 Å². The molecule has 1 atom stereocenters. The Balaban J connectivity index is 2.39. The second-order valence-corrected chi connectivity index (χ2v) is 10.1. The number of hydrogen-bond acceptors (Lipinski definition) is 2. The van der Waals surface area contributed by atoms with Crippen LogP contribution in [0.1, 0.15) is 28.0 Å². The van der Waals surface area contributed by atoms with E-state index >= 15 is 0 Å². The summed E-state index contributed by atoms with van der Waals surface area (Å²) < 4.78 is 14.6. The molecular weight excluding hydrogens is 395 g/mol. The van der Waals surface area contributed by atoms with Crippen LogP contribution in [-0.4, -0.2) is 18.1 Å². The van der Waals surface area contributed by atoms with Gasteiger partial charge in [0, 0.05) is 34.4 Å². The molecule has 0 radical (unpaired) electrons. The van der Waals surface area contributed by atoms with Crippen LogP contribution < -0.4 is 0 Å². The zero-order valence-electron chi connectivity index (χ0n) is 14.1. The largest absolute Gasteiger partial charge is 0.322 e. The third-order valence-corrected chi connectivity index (χ3v) is 8.07. The molecule has 0 unspecified atom stereocenters. The molecule has 0 aliphatic carbocycles. The second kappa shape index (κ2) is 9.12. The highest BCUT2D eigenvalue weighted by atomic mass is 79.9. The molecule has 2 aromatic rings. The summed E-state index contributed by atoms with van der Waals surface area (Å²) in [6, 6.07) is 16.9. The van der Waals surface area contributed by atoms with Gasteiger partial charge < -0.3 is 4.57 Å². The summed E-state index contributed by atoms with van der Waals surface area (Å²) in [5.74, 6) is -0.00491. The van der Waals surface area contributed by atoms with E-state index in [1.54, 1.807) is 24.3 Å². The predicted molar refractivity (Wildman–Crippen MR) is 110 cm³/mol. The van der Waals surface area contributed by atoms with Crippen molar-refractivity contribution in [2.45, 2.75) is 12.1 Å². The second-order valence-electron chi connectivity index (χ2n) is 5.96. The van der Waals surface area contributed by atoms with Crippen LogP contribution in [0.4, 0.5) is 0 Å². The Kier molecular flexibility index (Phi) is 7.16. The molecule has 0 amide bonds. The highest BCUT2D eigenvalue weighted by Crippen LogP contribution is 2.60. The topological polar surface area (TPSA) is 34.1 Å². The fourth-order valence-electron chi connectivity index (χ4n) is 2.93. The maximum absolute atomic E-state index is 13.6. The van der Waals surface area contributed by atoms with Crippen molar-refractivity contribution in [1.82, 2.24) is 0 Å². The van der Waals surface area contributed by atoms with Crippen molar-refractivity contribution >= 4 is 28.9 Å². The SMILES string of the molecule is C=CCP(=O)(CC=C)[C@@H](CC(=O)c1ccc(Br)cc1)c1ccccc1. The Morgan fingerprint density at radius 2 is 1.56 bits per heavy atom. The van der Waals surface area contributed by atoms with Gasteiger partial charge in [0.05, 0.1) is 0 Å². The van der Waals surface area contributed by atoms with Gasteiger partial charge in [-0.15, -0.1) is 13.2 Å². The summed E-state index contributed by atoms with van der Waals surface area (Å²) in [7, 11) is -2.70. The first kappa shape index (κ1) is 19.6. The van der Waals surface area contributed by atoms with E-state index in [2.05, 4.69) is 29.1 Å². The summed E-state index contributed by atoms with van der Waals surface area (Å²) >= 11 is 3.38. The number of ketones is 1. The molecule has 0 bridgehead atoms. The zero-order valence-corrected chi connectivity index (χ0v) is 16.6. The number of allylic oxidation sites excluding steroid dienone is 2. The van der Waals surface area contributed by atoms with Gasteiger partial charge in [0.1, 0.15) is 7.14 Å². The summed E-state index contributed by atoms with van der Waals surface area (Å²) in [6.45, 7) is 7.51. The number of Topliss-reactive ketones (excluding diaryl/α,β-unsaturated/α-hetero) is 1. The van der Waals surface area contributed by atoms with Crippen molar-refractivity contribution in [2.75, 3.05) is 12.3 Å². The first-order valence-corrected chi connectivity index (χ1v) is 11.1. The van der Waals surface area contributed by atoms with E-state index in [4.69, 9.17) is 0 Å². The minimum absolute atomic E-state index is 0.00491. The Bertz CT molecular complexity index is 767. The van der Waals surface area contributed by atoms with E-state index in [1.165, 1.54) is 0 Å². The lowest BCUT2D eigenvalue weighted by Crippen LogP contribution is -2.11. The maximum Gasteiger partial charge on any atom is 0.163 e. The van der Waals surface area contributed by atoms with Crippen molar-refractivity contribution in [3.63, 3.8) is 0 Å². The first-order chi connectivity index (χ1) is 12.0. The molecule has 0 saturated heterocycles. The lowest BCUT2D eigenvalue weighted by molar-refractivity contribution is 0.0980. The van der Waals surface area contributed by atoms with Gasteiger partial charge >= 0.3 is 0 Å². The van der Waals surface area contributed by atoms with Crippen LogP contribution in [0.15, 0.2) is 84.4 Å². The zero-order chi connectivity index (χ0) is 18.3. The smallest absolute Gasteiger partial charge is 0.163 e. The Morgan fingerprint density at radius 1 is 1.00 bits per heavy atom. The van der Waals surface area contributed by atoms with E-state index < -0.39 is 7.14 Å². The minimum Gasteiger partial charge on any atom is -0.322 e. The molecule has 0 aliphatic rings. The van der Waals surface area contributed by atoms with Crippen LogP contribution in [0, 0.1) is 0 Å². The molecule has 2 aromatic carbocycles. The number of benzene rings is 2. The fourth-order valence-corrected chi connectivity index (χ4v) is 5.94. The highest BCUT2D eigenvalue weighted by molar-refractivity contribution is 9.10. The summed E-state index contributed by atoms with van der Waals surface area (Å²) in [5.41, 5.74) is 1.23. The Labute approximate surface area is 158 Å². The van der Waals surface area contributed by atoms with E-state index in [1.807, 2.05) is 42.5 Å². The number of halogens is 1. The maximum atomic E-state index is 13.6. The van der Waals surface area contributed by atoms with Gasteiger partial charge in [0.25, 0.3) is 0 Å². The molecule has 0 aromatic heterocycles. The molecule has 2 nitrogen and oxygen atoms in total. The number of hydrogen-bond donors (Lipinski definition) is 0. The van der Waals surface area contributed by atoms with E-state index in [0.29, 0.717) is 17.9 Å². The van der Waals surface area contributed by atoms with E-state index in [9.17, 15) is 9.36 Å². The minimum atomic E-state index is -2.70. The Morgan fingerprint density at radius 3 is 2.08 bits per heavy atom. The number of rotatable bonds is 9. The van der Waals surface area contributed by atoms with Gasteiger partial charge in [-0.2, -0.15) is 0 Å².